The van der Waals surface area contributed by atoms with Gasteiger partial charge in [0.2, 0.25) is 0 Å². The van der Waals surface area contributed by atoms with E-state index in [4.69, 9.17) is 0 Å². The molecule has 0 amide bonds. The number of aryl methyl sites for hydroxylation is 1. The Morgan fingerprint density at radius 1 is 1.19 bits per heavy atom. The van der Waals surface area contributed by atoms with Crippen molar-refractivity contribution in [3.63, 3.8) is 0 Å². The molecule has 1 aliphatic rings. The van der Waals surface area contributed by atoms with E-state index < -0.39 is 0 Å². The van der Waals surface area contributed by atoms with Crippen molar-refractivity contribution < 1.29 is 0 Å². The van der Waals surface area contributed by atoms with Crippen LogP contribution in [0.25, 0.3) is 0 Å². The van der Waals surface area contributed by atoms with Crippen molar-refractivity contribution in [1.29, 1.82) is 0 Å². The van der Waals surface area contributed by atoms with Crippen molar-refractivity contribution in [1.82, 2.24) is 10.3 Å². The molecule has 2 heterocycles. The van der Waals surface area contributed by atoms with Gasteiger partial charge in [0.15, 0.2) is 0 Å². The Morgan fingerprint density at radius 3 is 2.67 bits per heavy atom. The van der Waals surface area contributed by atoms with Gasteiger partial charge in [-0.2, -0.15) is 0 Å². The van der Waals surface area contributed by atoms with Gasteiger partial charge in [-0.05, 0) is 38.5 Å². The number of benzene rings is 1. The van der Waals surface area contributed by atoms with E-state index in [1.165, 1.54) is 11.3 Å². The number of piperazine rings is 1. The summed E-state index contributed by atoms with van der Waals surface area (Å²) in [6.07, 6.45) is 1.86. The highest BCUT2D eigenvalue weighted by Crippen LogP contribution is 2.30. The molecular weight excluding hydrogens is 258 g/mol. The van der Waals surface area contributed by atoms with Gasteiger partial charge in [-0.3, -0.25) is 4.98 Å². The third kappa shape index (κ3) is 2.66. The summed E-state index contributed by atoms with van der Waals surface area (Å²) in [4.78, 5) is 6.93. The van der Waals surface area contributed by atoms with Gasteiger partial charge in [-0.1, -0.05) is 30.3 Å². The number of nitrogens with one attached hydrogen (secondary N) is 1. The Balaban J connectivity index is 1.94. The Bertz CT molecular complexity index is 611. The number of hydrogen-bond acceptors (Lipinski definition) is 3. The van der Waals surface area contributed by atoms with Crippen LogP contribution < -0.4 is 10.2 Å². The van der Waals surface area contributed by atoms with E-state index in [0.29, 0.717) is 6.04 Å². The van der Waals surface area contributed by atoms with Crippen molar-refractivity contribution in [3.8, 4) is 0 Å². The maximum Gasteiger partial charge on any atom is 0.0605 e. The zero-order valence-corrected chi connectivity index (χ0v) is 13.0. The van der Waals surface area contributed by atoms with Gasteiger partial charge >= 0.3 is 0 Å². The first kappa shape index (κ1) is 14.1. The smallest absolute Gasteiger partial charge is 0.0605 e. The molecule has 3 nitrogen and oxygen atoms in total. The van der Waals surface area contributed by atoms with Gasteiger partial charge in [0.1, 0.15) is 0 Å². The minimum absolute atomic E-state index is 0.0317. The molecular formula is C18H23N3. The normalized spacial score (nSPS) is 25.9. The molecule has 2 atom stereocenters. The summed E-state index contributed by atoms with van der Waals surface area (Å²) in [6, 6.07) is 15.4. The summed E-state index contributed by atoms with van der Waals surface area (Å²) in [5.41, 5.74) is 3.65. The van der Waals surface area contributed by atoms with Gasteiger partial charge in [-0.25, -0.2) is 0 Å². The molecule has 0 radical (unpaired) electrons. The molecule has 0 aliphatic carbocycles. The largest absolute Gasteiger partial charge is 0.364 e. The van der Waals surface area contributed by atoms with Crippen LogP contribution >= 0.6 is 0 Å². The molecule has 0 saturated carbocycles. The molecule has 3 rings (SSSR count). The van der Waals surface area contributed by atoms with Crippen LogP contribution in [0.15, 0.2) is 48.7 Å². The second-order valence-corrected chi connectivity index (χ2v) is 6.16. The molecule has 0 spiro atoms. The molecule has 110 valence electrons. The third-order valence-electron chi connectivity index (χ3n) is 4.51. The minimum Gasteiger partial charge on any atom is -0.364 e. The Labute approximate surface area is 127 Å². The number of rotatable bonds is 2. The van der Waals surface area contributed by atoms with Crippen LogP contribution in [0.1, 0.15) is 25.1 Å². The first-order chi connectivity index (χ1) is 10.1. The number of pyridine rings is 1. The van der Waals surface area contributed by atoms with Crippen LogP contribution in [0.4, 0.5) is 5.69 Å². The highest BCUT2D eigenvalue weighted by molar-refractivity contribution is 5.52. The molecule has 1 fully saturated rings. The van der Waals surface area contributed by atoms with Crippen LogP contribution in [-0.4, -0.2) is 24.1 Å². The van der Waals surface area contributed by atoms with E-state index in [1.807, 2.05) is 12.3 Å². The predicted molar refractivity (Wildman–Crippen MR) is 87.6 cm³/mol. The second kappa shape index (κ2) is 5.49. The molecule has 3 heteroatoms. The summed E-state index contributed by atoms with van der Waals surface area (Å²) in [5, 5.41) is 3.72. The fraction of sp³-hybridized carbons (Fsp3) is 0.389. The molecule has 1 aromatic heterocycles. The van der Waals surface area contributed by atoms with Crippen LogP contribution in [0, 0.1) is 6.92 Å². The lowest BCUT2D eigenvalue weighted by molar-refractivity contribution is 0.299. The Hall–Kier alpha value is -1.87. The molecule has 2 aromatic rings. The molecule has 1 N–H and O–H groups in total. The maximum atomic E-state index is 4.45. The summed E-state index contributed by atoms with van der Waals surface area (Å²) in [5.74, 6) is 0. The van der Waals surface area contributed by atoms with E-state index in [9.17, 15) is 0 Å². The van der Waals surface area contributed by atoms with Gasteiger partial charge in [0.05, 0.1) is 16.9 Å². The standard InChI is InChI=1S/C18H23N3/c1-14-12-20-18(3,16-8-5-4-6-9-16)13-21(14)17-10-7-11-19-15(17)2/h4-11,14,20H,12-13H2,1-3H3. The van der Waals surface area contributed by atoms with Gasteiger partial charge in [0.25, 0.3) is 0 Å². The average Bonchev–Trinajstić information content (AvgIpc) is 2.52. The number of aromatic nitrogens is 1. The van der Waals surface area contributed by atoms with Crippen molar-refractivity contribution in [2.75, 3.05) is 18.0 Å². The zero-order chi connectivity index (χ0) is 14.9. The first-order valence-electron chi connectivity index (χ1n) is 7.59. The van der Waals surface area contributed by atoms with E-state index in [2.05, 4.69) is 72.4 Å². The van der Waals surface area contributed by atoms with Crippen LogP contribution in [0.3, 0.4) is 0 Å². The predicted octanol–water partition coefficient (Wildman–Crippen LogP) is 3.10. The summed E-state index contributed by atoms with van der Waals surface area (Å²) in [7, 11) is 0. The van der Waals surface area contributed by atoms with Gasteiger partial charge in [-0.15, -0.1) is 0 Å². The topological polar surface area (TPSA) is 28.2 Å². The molecule has 1 aliphatic heterocycles. The van der Waals surface area contributed by atoms with Gasteiger partial charge < -0.3 is 10.2 Å². The highest BCUT2D eigenvalue weighted by Gasteiger charge is 2.35. The fourth-order valence-electron chi connectivity index (χ4n) is 3.14. The van der Waals surface area contributed by atoms with Crippen molar-refractivity contribution in [3.05, 3.63) is 59.9 Å². The summed E-state index contributed by atoms with van der Waals surface area (Å²) in [6.45, 7) is 8.56. The molecule has 2 unspecified atom stereocenters. The summed E-state index contributed by atoms with van der Waals surface area (Å²) < 4.78 is 0. The SMILES string of the molecule is Cc1ncccc1N1CC(C)(c2ccccc2)NCC1C. The van der Waals surface area contributed by atoms with Crippen LogP contribution in [0.2, 0.25) is 0 Å². The van der Waals surface area contributed by atoms with Crippen LogP contribution in [-0.2, 0) is 5.54 Å². The van der Waals surface area contributed by atoms with Crippen molar-refractivity contribution in [2.45, 2.75) is 32.4 Å². The Kier molecular flexibility index (Phi) is 3.68. The fourth-order valence-corrected chi connectivity index (χ4v) is 3.14. The van der Waals surface area contributed by atoms with Crippen LogP contribution in [0.5, 0.6) is 0 Å². The molecule has 1 aromatic carbocycles. The zero-order valence-electron chi connectivity index (χ0n) is 13.0. The Morgan fingerprint density at radius 2 is 1.95 bits per heavy atom. The number of hydrogen-bond donors (Lipinski definition) is 1. The second-order valence-electron chi connectivity index (χ2n) is 6.16. The number of nitrogens with zero attached hydrogens (tertiary/aromatic N) is 2. The maximum absolute atomic E-state index is 4.45. The molecule has 0 bridgehead atoms. The van der Waals surface area contributed by atoms with E-state index in [0.717, 1.165) is 18.8 Å². The highest BCUT2D eigenvalue weighted by atomic mass is 15.3. The van der Waals surface area contributed by atoms with E-state index in [-0.39, 0.29) is 5.54 Å². The monoisotopic (exact) mass is 281 g/mol. The lowest BCUT2D eigenvalue weighted by Crippen LogP contribution is -2.60. The first-order valence-corrected chi connectivity index (χ1v) is 7.59. The van der Waals surface area contributed by atoms with E-state index >= 15 is 0 Å². The molecule has 1 saturated heterocycles. The number of anilines is 1. The lowest BCUT2D eigenvalue weighted by atomic mass is 9.88. The lowest BCUT2D eigenvalue weighted by Gasteiger charge is -2.47. The average molecular weight is 281 g/mol. The summed E-state index contributed by atoms with van der Waals surface area (Å²) >= 11 is 0. The molecule has 21 heavy (non-hydrogen) atoms. The van der Waals surface area contributed by atoms with Crippen molar-refractivity contribution >= 4 is 5.69 Å². The third-order valence-corrected chi connectivity index (χ3v) is 4.51. The quantitative estimate of drug-likeness (QED) is 0.917. The van der Waals surface area contributed by atoms with Crippen molar-refractivity contribution in [2.24, 2.45) is 0 Å². The van der Waals surface area contributed by atoms with E-state index in [1.54, 1.807) is 0 Å². The minimum atomic E-state index is -0.0317. The van der Waals surface area contributed by atoms with Gasteiger partial charge in [0, 0.05) is 25.3 Å².